The molecule has 0 spiro atoms. The van der Waals surface area contributed by atoms with Gasteiger partial charge in [0.25, 0.3) is 0 Å². The van der Waals surface area contributed by atoms with E-state index in [1.165, 1.54) is 38.9 Å². The highest BCUT2D eigenvalue weighted by atomic mass is 16.5. The Hall–Kier alpha value is -0.120. The van der Waals surface area contributed by atoms with Crippen LogP contribution in [0.15, 0.2) is 0 Å². The van der Waals surface area contributed by atoms with Crippen LogP contribution in [0.2, 0.25) is 0 Å². The zero-order valence-corrected chi connectivity index (χ0v) is 10.3. The Kier molecular flexibility index (Phi) is 6.98. The molecule has 90 valence electrons. The second kappa shape index (κ2) is 8.08. The molecule has 0 saturated carbocycles. The summed E-state index contributed by atoms with van der Waals surface area (Å²) in [7, 11) is 1.75. The van der Waals surface area contributed by atoms with Crippen LogP contribution in [-0.4, -0.2) is 51.3 Å². The van der Waals surface area contributed by atoms with Gasteiger partial charge in [-0.25, -0.2) is 0 Å². The molecule has 3 nitrogen and oxygen atoms in total. The maximum atomic E-state index is 4.99. The van der Waals surface area contributed by atoms with Crippen LogP contribution >= 0.6 is 0 Å². The van der Waals surface area contributed by atoms with Crippen molar-refractivity contribution < 1.29 is 4.74 Å². The monoisotopic (exact) mass is 214 g/mol. The van der Waals surface area contributed by atoms with E-state index in [9.17, 15) is 0 Å². The van der Waals surface area contributed by atoms with Gasteiger partial charge in [-0.3, -0.25) is 0 Å². The summed E-state index contributed by atoms with van der Waals surface area (Å²) in [6.07, 6.45) is 4.16. The van der Waals surface area contributed by atoms with Gasteiger partial charge in [0.2, 0.25) is 0 Å². The summed E-state index contributed by atoms with van der Waals surface area (Å²) in [4.78, 5) is 2.59. The molecule has 1 unspecified atom stereocenters. The first-order chi connectivity index (χ1) is 7.36. The van der Waals surface area contributed by atoms with Crippen molar-refractivity contribution in [2.45, 2.75) is 26.2 Å². The lowest BCUT2D eigenvalue weighted by atomic mass is 9.96. The van der Waals surface area contributed by atoms with Gasteiger partial charge in [-0.2, -0.15) is 0 Å². The number of nitrogens with one attached hydrogen (secondary N) is 1. The predicted molar refractivity (Wildman–Crippen MR) is 64.2 cm³/mol. The maximum absolute atomic E-state index is 4.99. The second-order valence-corrected chi connectivity index (χ2v) is 4.46. The summed E-state index contributed by atoms with van der Waals surface area (Å²) >= 11 is 0. The van der Waals surface area contributed by atoms with Gasteiger partial charge in [0.05, 0.1) is 6.61 Å². The number of nitrogens with zero attached hydrogens (tertiary/aromatic N) is 1. The minimum absolute atomic E-state index is 0.817. The highest BCUT2D eigenvalue weighted by Crippen LogP contribution is 2.18. The van der Waals surface area contributed by atoms with Crippen molar-refractivity contribution >= 4 is 0 Å². The van der Waals surface area contributed by atoms with Crippen LogP contribution in [0.4, 0.5) is 0 Å². The van der Waals surface area contributed by atoms with E-state index in [0.717, 1.165) is 25.6 Å². The molecule has 0 aromatic heterocycles. The molecule has 3 heteroatoms. The SMILES string of the molecule is CCC1CCCN(CCNCCOC)C1. The van der Waals surface area contributed by atoms with Crippen molar-refractivity contribution in [1.29, 1.82) is 0 Å². The summed E-state index contributed by atoms with van der Waals surface area (Å²) in [5, 5.41) is 3.40. The van der Waals surface area contributed by atoms with Crippen LogP contribution in [-0.2, 0) is 4.74 Å². The molecule has 1 aliphatic heterocycles. The lowest BCUT2D eigenvalue weighted by molar-refractivity contribution is 0.167. The molecule has 15 heavy (non-hydrogen) atoms. The average Bonchev–Trinajstić information content (AvgIpc) is 2.29. The molecule has 0 aliphatic carbocycles. The van der Waals surface area contributed by atoms with E-state index < -0.39 is 0 Å². The minimum Gasteiger partial charge on any atom is -0.383 e. The lowest BCUT2D eigenvalue weighted by Gasteiger charge is -2.32. The highest BCUT2D eigenvalue weighted by Gasteiger charge is 2.17. The molecule has 1 N–H and O–H groups in total. The van der Waals surface area contributed by atoms with Gasteiger partial charge >= 0.3 is 0 Å². The van der Waals surface area contributed by atoms with Crippen molar-refractivity contribution in [3.05, 3.63) is 0 Å². The third-order valence-corrected chi connectivity index (χ3v) is 3.27. The molecule has 0 amide bonds. The molecule has 1 aliphatic rings. The maximum Gasteiger partial charge on any atom is 0.0587 e. The van der Waals surface area contributed by atoms with Gasteiger partial charge in [0, 0.05) is 33.3 Å². The summed E-state index contributed by atoms with van der Waals surface area (Å²) < 4.78 is 4.99. The van der Waals surface area contributed by atoms with Gasteiger partial charge in [0.15, 0.2) is 0 Å². The molecule has 1 rings (SSSR count). The van der Waals surface area contributed by atoms with Crippen molar-refractivity contribution in [3.8, 4) is 0 Å². The Morgan fingerprint density at radius 1 is 1.40 bits per heavy atom. The van der Waals surface area contributed by atoms with E-state index in [1.807, 2.05) is 0 Å². The van der Waals surface area contributed by atoms with Crippen molar-refractivity contribution in [3.63, 3.8) is 0 Å². The number of likely N-dealkylation sites (tertiary alicyclic amines) is 1. The Bertz CT molecular complexity index is 153. The first-order valence-electron chi connectivity index (χ1n) is 6.28. The Morgan fingerprint density at radius 3 is 3.00 bits per heavy atom. The van der Waals surface area contributed by atoms with Crippen molar-refractivity contribution in [2.24, 2.45) is 5.92 Å². The lowest BCUT2D eigenvalue weighted by Crippen LogP contribution is -2.39. The van der Waals surface area contributed by atoms with Crippen LogP contribution in [0.3, 0.4) is 0 Å². The molecule has 1 heterocycles. The number of methoxy groups -OCH3 is 1. The third-order valence-electron chi connectivity index (χ3n) is 3.27. The quantitative estimate of drug-likeness (QED) is 0.647. The van der Waals surface area contributed by atoms with E-state index in [-0.39, 0.29) is 0 Å². The van der Waals surface area contributed by atoms with Crippen molar-refractivity contribution in [2.75, 3.05) is 46.4 Å². The largest absolute Gasteiger partial charge is 0.383 e. The fourth-order valence-electron chi connectivity index (χ4n) is 2.22. The molecule has 1 fully saturated rings. The Labute approximate surface area is 94.2 Å². The highest BCUT2D eigenvalue weighted by molar-refractivity contribution is 4.72. The van der Waals surface area contributed by atoms with Gasteiger partial charge in [-0.1, -0.05) is 13.3 Å². The number of rotatable bonds is 7. The van der Waals surface area contributed by atoms with E-state index in [4.69, 9.17) is 4.74 Å². The molecular weight excluding hydrogens is 188 g/mol. The topological polar surface area (TPSA) is 24.5 Å². The fraction of sp³-hybridized carbons (Fsp3) is 1.00. The number of piperidine rings is 1. The predicted octanol–water partition coefficient (Wildman–Crippen LogP) is 1.34. The third kappa shape index (κ3) is 5.50. The van der Waals surface area contributed by atoms with Gasteiger partial charge < -0.3 is 15.0 Å². The Morgan fingerprint density at radius 2 is 2.27 bits per heavy atom. The minimum atomic E-state index is 0.817. The fourth-order valence-corrected chi connectivity index (χ4v) is 2.22. The van der Waals surface area contributed by atoms with E-state index in [0.29, 0.717) is 0 Å². The molecule has 1 saturated heterocycles. The normalized spacial score (nSPS) is 23.2. The molecular formula is C12H26N2O. The van der Waals surface area contributed by atoms with Gasteiger partial charge in [0.1, 0.15) is 0 Å². The zero-order valence-electron chi connectivity index (χ0n) is 10.3. The smallest absolute Gasteiger partial charge is 0.0587 e. The van der Waals surface area contributed by atoms with E-state index >= 15 is 0 Å². The van der Waals surface area contributed by atoms with Crippen LogP contribution in [0.1, 0.15) is 26.2 Å². The van der Waals surface area contributed by atoms with Crippen LogP contribution < -0.4 is 5.32 Å². The Balaban J connectivity index is 2.00. The zero-order chi connectivity index (χ0) is 10.9. The number of ether oxygens (including phenoxy) is 1. The van der Waals surface area contributed by atoms with Crippen LogP contribution in [0.5, 0.6) is 0 Å². The second-order valence-electron chi connectivity index (χ2n) is 4.46. The van der Waals surface area contributed by atoms with E-state index in [1.54, 1.807) is 7.11 Å². The summed E-state index contributed by atoms with van der Waals surface area (Å²) in [6.45, 7) is 9.00. The molecule has 0 radical (unpaired) electrons. The molecule has 0 aromatic rings. The number of hydrogen-bond donors (Lipinski definition) is 1. The first-order valence-corrected chi connectivity index (χ1v) is 6.28. The van der Waals surface area contributed by atoms with Gasteiger partial charge in [-0.15, -0.1) is 0 Å². The average molecular weight is 214 g/mol. The standard InChI is InChI=1S/C12H26N2O/c1-3-12-5-4-8-14(11-12)9-6-13-7-10-15-2/h12-13H,3-11H2,1-2H3. The van der Waals surface area contributed by atoms with Crippen molar-refractivity contribution in [1.82, 2.24) is 10.2 Å². The first kappa shape index (κ1) is 12.9. The van der Waals surface area contributed by atoms with Gasteiger partial charge in [-0.05, 0) is 25.3 Å². The molecule has 1 atom stereocenters. The molecule has 0 aromatic carbocycles. The summed E-state index contributed by atoms with van der Waals surface area (Å²) in [6, 6.07) is 0. The summed E-state index contributed by atoms with van der Waals surface area (Å²) in [5.41, 5.74) is 0. The van der Waals surface area contributed by atoms with Crippen LogP contribution in [0, 0.1) is 5.92 Å². The molecule has 0 bridgehead atoms. The summed E-state index contributed by atoms with van der Waals surface area (Å²) in [5.74, 6) is 0.942. The van der Waals surface area contributed by atoms with E-state index in [2.05, 4.69) is 17.1 Å². The number of hydrogen-bond acceptors (Lipinski definition) is 3. The van der Waals surface area contributed by atoms with Crippen LogP contribution in [0.25, 0.3) is 0 Å².